The van der Waals surface area contributed by atoms with E-state index in [-0.39, 0.29) is 11.9 Å². The Morgan fingerprint density at radius 2 is 2.29 bits per heavy atom. The molecule has 1 aliphatic carbocycles. The van der Waals surface area contributed by atoms with Crippen LogP contribution in [0.3, 0.4) is 0 Å². The number of nitrogens with zero attached hydrogens (tertiary/aromatic N) is 2. The maximum absolute atomic E-state index is 11.8. The third-order valence-electron chi connectivity index (χ3n) is 2.45. The first kappa shape index (κ1) is 10.5. The van der Waals surface area contributed by atoms with Crippen molar-refractivity contribution < 1.29 is 13.6 Å². The van der Waals surface area contributed by atoms with E-state index >= 15 is 0 Å². The molecule has 1 fully saturated rings. The third kappa shape index (κ3) is 2.10. The van der Waals surface area contributed by atoms with Crippen molar-refractivity contribution in [2.45, 2.75) is 18.8 Å². The molecule has 17 heavy (non-hydrogen) atoms. The van der Waals surface area contributed by atoms with Gasteiger partial charge in [0.05, 0.1) is 11.8 Å². The van der Waals surface area contributed by atoms with Crippen molar-refractivity contribution in [3.63, 3.8) is 0 Å². The van der Waals surface area contributed by atoms with Crippen LogP contribution in [0.5, 0.6) is 0 Å². The molecule has 0 radical (unpaired) electrons. The Morgan fingerprint density at radius 3 is 2.94 bits per heavy atom. The molecule has 1 aliphatic rings. The van der Waals surface area contributed by atoms with Gasteiger partial charge in [0, 0.05) is 5.92 Å². The van der Waals surface area contributed by atoms with Crippen molar-refractivity contribution >= 4 is 27.9 Å². The van der Waals surface area contributed by atoms with Crippen LogP contribution >= 0.6 is 15.9 Å². The van der Waals surface area contributed by atoms with Crippen LogP contribution in [0.2, 0.25) is 0 Å². The van der Waals surface area contributed by atoms with E-state index in [1.165, 1.54) is 6.26 Å². The summed E-state index contributed by atoms with van der Waals surface area (Å²) in [5, 5.41) is 10.1. The lowest BCUT2D eigenvalue weighted by Gasteiger charge is -1.96. The summed E-state index contributed by atoms with van der Waals surface area (Å²) >= 11 is 3.12. The zero-order chi connectivity index (χ0) is 11.8. The van der Waals surface area contributed by atoms with Gasteiger partial charge >= 0.3 is 6.01 Å². The lowest BCUT2D eigenvalue weighted by molar-refractivity contribution is 0.102. The second kappa shape index (κ2) is 3.99. The molecule has 2 aromatic heterocycles. The quantitative estimate of drug-likeness (QED) is 0.941. The second-order valence-corrected chi connectivity index (χ2v) is 4.50. The highest BCUT2D eigenvalue weighted by Gasteiger charge is 2.29. The molecule has 1 saturated carbocycles. The van der Waals surface area contributed by atoms with Gasteiger partial charge in [0.25, 0.3) is 5.91 Å². The molecule has 88 valence electrons. The summed E-state index contributed by atoms with van der Waals surface area (Å²) in [5.41, 5.74) is 0.385. The van der Waals surface area contributed by atoms with Gasteiger partial charge in [0.1, 0.15) is 0 Å². The molecule has 0 aliphatic heterocycles. The summed E-state index contributed by atoms with van der Waals surface area (Å²) in [6.45, 7) is 0. The first-order chi connectivity index (χ1) is 8.24. The van der Waals surface area contributed by atoms with Crippen molar-refractivity contribution in [2.75, 3.05) is 5.32 Å². The minimum atomic E-state index is -0.350. The lowest BCUT2D eigenvalue weighted by atomic mass is 10.3. The number of carbonyl (C=O) groups is 1. The van der Waals surface area contributed by atoms with Crippen molar-refractivity contribution in [3.05, 3.63) is 28.5 Å². The molecule has 2 heterocycles. The smallest absolute Gasteiger partial charge is 0.322 e. The highest BCUT2D eigenvalue weighted by Crippen LogP contribution is 2.39. The van der Waals surface area contributed by atoms with E-state index in [1.54, 1.807) is 6.07 Å². The second-order valence-electron chi connectivity index (χ2n) is 3.78. The van der Waals surface area contributed by atoms with E-state index in [1.807, 2.05) is 0 Å². The molecule has 7 heteroatoms. The predicted octanol–water partition coefficient (Wildman–Crippen LogP) is 2.55. The fraction of sp³-hybridized carbons (Fsp3) is 0.300. The fourth-order valence-electron chi connectivity index (χ4n) is 1.40. The number of furan rings is 1. The van der Waals surface area contributed by atoms with Gasteiger partial charge in [-0.15, -0.1) is 5.10 Å². The van der Waals surface area contributed by atoms with Gasteiger partial charge in [-0.05, 0) is 34.8 Å². The van der Waals surface area contributed by atoms with Crippen LogP contribution in [0.15, 0.2) is 25.8 Å². The number of hydrogen-bond donors (Lipinski definition) is 1. The third-order valence-corrected chi connectivity index (χ3v) is 3.06. The van der Waals surface area contributed by atoms with Crippen LogP contribution in [-0.4, -0.2) is 16.1 Å². The zero-order valence-electron chi connectivity index (χ0n) is 8.64. The molecule has 0 bridgehead atoms. The molecular formula is C10H8BrN3O3. The number of anilines is 1. The van der Waals surface area contributed by atoms with Crippen molar-refractivity contribution in [1.29, 1.82) is 0 Å². The lowest BCUT2D eigenvalue weighted by Crippen LogP contribution is -2.11. The summed E-state index contributed by atoms with van der Waals surface area (Å²) < 4.78 is 10.7. The van der Waals surface area contributed by atoms with E-state index < -0.39 is 0 Å². The van der Waals surface area contributed by atoms with Gasteiger partial charge < -0.3 is 8.83 Å². The predicted molar refractivity (Wildman–Crippen MR) is 60.6 cm³/mol. The van der Waals surface area contributed by atoms with Crippen LogP contribution in [0.4, 0.5) is 6.01 Å². The monoisotopic (exact) mass is 297 g/mol. The Hall–Kier alpha value is -1.63. The first-order valence-corrected chi connectivity index (χ1v) is 5.91. The van der Waals surface area contributed by atoms with E-state index in [2.05, 4.69) is 31.4 Å². The molecule has 3 rings (SSSR count). The summed E-state index contributed by atoms with van der Waals surface area (Å²) in [6, 6.07) is 1.67. The Balaban J connectivity index is 1.73. The summed E-state index contributed by atoms with van der Waals surface area (Å²) in [4.78, 5) is 11.8. The topological polar surface area (TPSA) is 81.2 Å². The molecule has 0 atom stereocenters. The molecule has 1 N–H and O–H groups in total. The Morgan fingerprint density at radius 1 is 1.47 bits per heavy atom. The van der Waals surface area contributed by atoms with Crippen molar-refractivity contribution in [2.24, 2.45) is 0 Å². The maximum atomic E-state index is 11.8. The zero-order valence-corrected chi connectivity index (χ0v) is 10.2. The van der Waals surface area contributed by atoms with Crippen LogP contribution in [0, 0.1) is 0 Å². The molecule has 2 aromatic rings. The van der Waals surface area contributed by atoms with Crippen LogP contribution < -0.4 is 5.32 Å². The van der Waals surface area contributed by atoms with E-state index in [0.29, 0.717) is 22.0 Å². The van der Waals surface area contributed by atoms with Crippen molar-refractivity contribution in [3.8, 4) is 0 Å². The minimum absolute atomic E-state index is 0.116. The average Bonchev–Trinajstić information content (AvgIpc) is 2.90. The van der Waals surface area contributed by atoms with Gasteiger partial charge in [0.15, 0.2) is 4.67 Å². The van der Waals surface area contributed by atoms with Crippen LogP contribution in [0.25, 0.3) is 0 Å². The van der Waals surface area contributed by atoms with Gasteiger partial charge in [-0.25, -0.2) is 0 Å². The standard InChI is InChI=1S/C10H8BrN3O3/c11-7-6(3-4-16-7)8(15)12-10-14-13-9(17-10)5-1-2-5/h3-5H,1-2H2,(H,12,14,15). The number of nitrogens with one attached hydrogen (secondary N) is 1. The Kier molecular flexibility index (Phi) is 2.47. The van der Waals surface area contributed by atoms with Gasteiger partial charge in [-0.1, -0.05) is 5.10 Å². The number of halogens is 1. The molecular weight excluding hydrogens is 290 g/mol. The first-order valence-electron chi connectivity index (χ1n) is 5.12. The largest absolute Gasteiger partial charge is 0.457 e. The van der Waals surface area contributed by atoms with Gasteiger partial charge in [-0.3, -0.25) is 10.1 Å². The molecule has 0 aromatic carbocycles. The van der Waals surface area contributed by atoms with Crippen molar-refractivity contribution in [1.82, 2.24) is 10.2 Å². The van der Waals surface area contributed by atoms with E-state index in [9.17, 15) is 4.79 Å². The van der Waals surface area contributed by atoms with Crippen LogP contribution in [0.1, 0.15) is 35.0 Å². The molecule has 6 nitrogen and oxygen atoms in total. The average molecular weight is 298 g/mol. The number of amides is 1. The van der Waals surface area contributed by atoms with Crippen LogP contribution in [-0.2, 0) is 0 Å². The van der Waals surface area contributed by atoms with E-state index in [4.69, 9.17) is 8.83 Å². The van der Waals surface area contributed by atoms with Gasteiger partial charge in [-0.2, -0.15) is 0 Å². The summed E-state index contributed by atoms with van der Waals surface area (Å²) in [6.07, 6.45) is 3.56. The number of hydrogen-bond acceptors (Lipinski definition) is 5. The molecule has 0 unspecified atom stereocenters. The number of carbonyl (C=O) groups excluding carboxylic acids is 1. The summed E-state index contributed by atoms with van der Waals surface area (Å²) in [5.74, 6) is 0.608. The highest BCUT2D eigenvalue weighted by atomic mass is 79.9. The Bertz CT molecular complexity index is 559. The fourth-order valence-corrected chi connectivity index (χ4v) is 1.82. The molecule has 0 saturated heterocycles. The van der Waals surface area contributed by atoms with E-state index in [0.717, 1.165) is 12.8 Å². The SMILES string of the molecule is O=C(Nc1nnc(C2CC2)o1)c1ccoc1Br. The molecule has 1 amide bonds. The Labute approximate surface area is 105 Å². The molecule has 0 spiro atoms. The summed E-state index contributed by atoms with van der Waals surface area (Å²) in [7, 11) is 0. The maximum Gasteiger partial charge on any atom is 0.322 e. The number of aromatic nitrogens is 2. The normalized spacial score (nSPS) is 14.9. The van der Waals surface area contributed by atoms with Gasteiger partial charge in [0.2, 0.25) is 5.89 Å². The minimum Gasteiger partial charge on any atom is -0.457 e. The highest BCUT2D eigenvalue weighted by molar-refractivity contribution is 9.10. The number of rotatable bonds is 3.